The number of hydrogen-bond acceptors (Lipinski definition) is 4. The Morgan fingerprint density at radius 2 is 2.33 bits per heavy atom. The number of rotatable bonds is 5. The van der Waals surface area contributed by atoms with Gasteiger partial charge in [-0.1, -0.05) is 0 Å². The molecule has 1 amide bonds. The van der Waals surface area contributed by atoms with Crippen LogP contribution < -0.4 is 11.1 Å². The second kappa shape index (κ2) is 5.97. The highest BCUT2D eigenvalue weighted by atomic mass is 16.1. The summed E-state index contributed by atoms with van der Waals surface area (Å²) in [6.07, 6.45) is 3.83. The van der Waals surface area contributed by atoms with Gasteiger partial charge in [-0.05, 0) is 19.8 Å². The van der Waals surface area contributed by atoms with Crippen molar-refractivity contribution >= 4 is 5.91 Å². The summed E-state index contributed by atoms with van der Waals surface area (Å²) in [7, 11) is 0. The number of aromatic nitrogens is 2. The van der Waals surface area contributed by atoms with Crippen LogP contribution >= 0.6 is 0 Å². The number of imidazole rings is 1. The number of nitrogens with one attached hydrogen (secondary N) is 2. The molecule has 1 fully saturated rings. The van der Waals surface area contributed by atoms with Gasteiger partial charge in [0, 0.05) is 31.4 Å². The third-order valence-corrected chi connectivity index (χ3v) is 3.46. The van der Waals surface area contributed by atoms with Gasteiger partial charge >= 0.3 is 0 Å². The quantitative estimate of drug-likeness (QED) is 0.674. The molecule has 0 unspecified atom stereocenters. The van der Waals surface area contributed by atoms with Crippen molar-refractivity contribution in [3.8, 4) is 0 Å². The molecule has 0 aliphatic carbocycles. The Kier molecular flexibility index (Phi) is 4.33. The first kappa shape index (κ1) is 13.0. The number of H-pyrrole nitrogens is 1. The van der Waals surface area contributed by atoms with Crippen molar-refractivity contribution in [2.75, 3.05) is 19.6 Å². The summed E-state index contributed by atoms with van der Waals surface area (Å²) in [4.78, 5) is 20.3. The summed E-state index contributed by atoms with van der Waals surface area (Å²) in [5.41, 5.74) is 7.39. The Balaban J connectivity index is 1.71. The fraction of sp³-hybridized carbons (Fsp3) is 0.667. The first-order valence-electron chi connectivity index (χ1n) is 6.38. The molecule has 0 spiro atoms. The number of nitrogens with two attached hydrogens (primary N) is 1. The molecule has 6 nitrogen and oxygen atoms in total. The summed E-state index contributed by atoms with van der Waals surface area (Å²) in [6, 6.07) is 0.505. The van der Waals surface area contributed by atoms with Crippen LogP contribution in [0.25, 0.3) is 0 Å². The van der Waals surface area contributed by atoms with Crippen LogP contribution in [0, 0.1) is 6.92 Å². The summed E-state index contributed by atoms with van der Waals surface area (Å²) in [5, 5.41) is 3.51. The van der Waals surface area contributed by atoms with E-state index in [1.165, 1.54) is 0 Å². The van der Waals surface area contributed by atoms with Gasteiger partial charge < -0.3 is 16.0 Å². The molecule has 0 saturated carbocycles. The zero-order valence-electron chi connectivity index (χ0n) is 10.8. The molecule has 0 aromatic carbocycles. The van der Waals surface area contributed by atoms with Gasteiger partial charge in [0.05, 0.1) is 18.6 Å². The number of primary amides is 1. The summed E-state index contributed by atoms with van der Waals surface area (Å²) in [5.74, 6) is -0.242. The SMILES string of the molecule is Cc1[nH]cnc1CNC1CCN(CC(N)=O)CC1. The molecule has 1 saturated heterocycles. The number of piperidine rings is 1. The number of nitrogens with zero attached hydrogens (tertiary/aromatic N) is 2. The van der Waals surface area contributed by atoms with Crippen LogP contribution in [0.2, 0.25) is 0 Å². The second-order valence-corrected chi connectivity index (χ2v) is 4.87. The number of carbonyl (C=O) groups excluding carboxylic acids is 1. The molecule has 100 valence electrons. The Labute approximate surface area is 107 Å². The van der Waals surface area contributed by atoms with Gasteiger partial charge in [-0.15, -0.1) is 0 Å². The lowest BCUT2D eigenvalue weighted by Gasteiger charge is -2.31. The Hall–Kier alpha value is -1.40. The average molecular weight is 251 g/mol. The van der Waals surface area contributed by atoms with E-state index in [-0.39, 0.29) is 5.91 Å². The van der Waals surface area contributed by atoms with Gasteiger partial charge in [-0.3, -0.25) is 9.69 Å². The van der Waals surface area contributed by atoms with Crippen molar-refractivity contribution in [1.29, 1.82) is 0 Å². The number of likely N-dealkylation sites (tertiary alicyclic amines) is 1. The van der Waals surface area contributed by atoms with Gasteiger partial charge in [-0.2, -0.15) is 0 Å². The molecular formula is C12H21N5O. The van der Waals surface area contributed by atoms with Gasteiger partial charge in [-0.25, -0.2) is 4.98 Å². The van der Waals surface area contributed by atoms with E-state index in [1.807, 2.05) is 6.92 Å². The summed E-state index contributed by atoms with van der Waals surface area (Å²) < 4.78 is 0. The zero-order valence-corrected chi connectivity index (χ0v) is 10.8. The first-order valence-corrected chi connectivity index (χ1v) is 6.38. The standard InChI is InChI=1S/C12H21N5O/c1-9-11(16-8-15-9)6-14-10-2-4-17(5-3-10)7-12(13)18/h8,10,14H,2-7H2,1H3,(H2,13,18)(H,15,16). The molecule has 4 N–H and O–H groups in total. The average Bonchev–Trinajstić information content (AvgIpc) is 2.73. The van der Waals surface area contributed by atoms with Crippen molar-refractivity contribution in [2.24, 2.45) is 5.73 Å². The number of carbonyl (C=O) groups is 1. The van der Waals surface area contributed by atoms with Crippen molar-refractivity contribution < 1.29 is 4.79 Å². The van der Waals surface area contributed by atoms with Crippen LogP contribution in [0.4, 0.5) is 0 Å². The van der Waals surface area contributed by atoms with E-state index < -0.39 is 0 Å². The lowest BCUT2D eigenvalue weighted by molar-refractivity contribution is -0.119. The summed E-state index contributed by atoms with van der Waals surface area (Å²) >= 11 is 0. The van der Waals surface area contributed by atoms with Gasteiger partial charge in [0.1, 0.15) is 0 Å². The smallest absolute Gasteiger partial charge is 0.231 e. The topological polar surface area (TPSA) is 87.0 Å². The minimum absolute atomic E-state index is 0.242. The summed E-state index contributed by atoms with van der Waals surface area (Å²) in [6.45, 7) is 5.07. The third-order valence-electron chi connectivity index (χ3n) is 3.46. The molecule has 0 radical (unpaired) electrons. The Bertz CT molecular complexity index is 395. The van der Waals surface area contributed by atoms with Crippen LogP contribution in [0.15, 0.2) is 6.33 Å². The molecule has 1 aromatic rings. The predicted octanol–water partition coefficient (Wildman–Crippen LogP) is -0.243. The number of hydrogen-bond donors (Lipinski definition) is 3. The highest BCUT2D eigenvalue weighted by Crippen LogP contribution is 2.11. The number of aromatic amines is 1. The van der Waals surface area contributed by atoms with E-state index in [0.29, 0.717) is 12.6 Å². The Morgan fingerprint density at radius 3 is 2.89 bits per heavy atom. The number of amides is 1. The fourth-order valence-electron chi connectivity index (χ4n) is 2.32. The van der Waals surface area contributed by atoms with Gasteiger partial charge in [0.15, 0.2) is 0 Å². The van der Waals surface area contributed by atoms with Crippen LogP contribution in [0.3, 0.4) is 0 Å². The van der Waals surface area contributed by atoms with Crippen molar-refractivity contribution in [3.05, 3.63) is 17.7 Å². The molecule has 0 atom stereocenters. The maximum absolute atomic E-state index is 10.8. The van der Waals surface area contributed by atoms with Gasteiger partial charge in [0.2, 0.25) is 5.91 Å². The normalized spacial score (nSPS) is 18.1. The highest BCUT2D eigenvalue weighted by Gasteiger charge is 2.19. The monoisotopic (exact) mass is 251 g/mol. The molecule has 0 bridgehead atoms. The minimum atomic E-state index is -0.242. The molecular weight excluding hydrogens is 230 g/mol. The maximum atomic E-state index is 10.8. The number of aryl methyl sites for hydroxylation is 1. The van der Waals surface area contributed by atoms with E-state index in [9.17, 15) is 4.79 Å². The van der Waals surface area contributed by atoms with Crippen LogP contribution in [0.5, 0.6) is 0 Å². The van der Waals surface area contributed by atoms with Gasteiger partial charge in [0.25, 0.3) is 0 Å². The van der Waals surface area contributed by atoms with Crippen LogP contribution in [-0.2, 0) is 11.3 Å². The van der Waals surface area contributed by atoms with Crippen LogP contribution in [-0.4, -0.2) is 46.5 Å². The maximum Gasteiger partial charge on any atom is 0.231 e. The minimum Gasteiger partial charge on any atom is -0.369 e. The molecule has 2 heterocycles. The molecule has 1 aliphatic heterocycles. The van der Waals surface area contributed by atoms with E-state index in [0.717, 1.165) is 43.9 Å². The Morgan fingerprint density at radius 1 is 1.61 bits per heavy atom. The van der Waals surface area contributed by atoms with E-state index >= 15 is 0 Å². The predicted molar refractivity (Wildman–Crippen MR) is 68.8 cm³/mol. The van der Waals surface area contributed by atoms with E-state index in [2.05, 4.69) is 20.2 Å². The van der Waals surface area contributed by atoms with Crippen molar-refractivity contribution in [3.63, 3.8) is 0 Å². The fourth-order valence-corrected chi connectivity index (χ4v) is 2.32. The molecule has 1 aliphatic rings. The van der Waals surface area contributed by atoms with Crippen molar-refractivity contribution in [2.45, 2.75) is 32.4 Å². The van der Waals surface area contributed by atoms with E-state index in [4.69, 9.17) is 5.73 Å². The lowest BCUT2D eigenvalue weighted by Crippen LogP contribution is -2.45. The largest absolute Gasteiger partial charge is 0.369 e. The first-order chi connectivity index (χ1) is 8.65. The third kappa shape index (κ3) is 3.54. The lowest BCUT2D eigenvalue weighted by atomic mass is 10.0. The molecule has 2 rings (SSSR count). The van der Waals surface area contributed by atoms with Crippen molar-refractivity contribution in [1.82, 2.24) is 20.2 Å². The highest BCUT2D eigenvalue weighted by molar-refractivity contribution is 5.75. The van der Waals surface area contributed by atoms with Crippen LogP contribution in [0.1, 0.15) is 24.2 Å². The second-order valence-electron chi connectivity index (χ2n) is 4.87. The van der Waals surface area contributed by atoms with E-state index in [1.54, 1.807) is 6.33 Å². The molecule has 1 aromatic heterocycles. The molecule has 6 heteroatoms. The molecule has 18 heavy (non-hydrogen) atoms. The zero-order chi connectivity index (χ0) is 13.0.